The molecule has 0 aromatic heterocycles. The minimum Gasteiger partial charge on any atom is -0.479 e. The zero-order valence-corrected chi connectivity index (χ0v) is 11.7. The Hall–Kier alpha value is -2.08. The predicted octanol–water partition coefficient (Wildman–Crippen LogP) is 1.70. The van der Waals surface area contributed by atoms with Crippen molar-refractivity contribution < 1.29 is 24.5 Å². The van der Waals surface area contributed by atoms with Crippen LogP contribution >= 0.6 is 0 Å². The van der Waals surface area contributed by atoms with Gasteiger partial charge in [-0.2, -0.15) is 0 Å². The van der Waals surface area contributed by atoms with Gasteiger partial charge >= 0.3 is 12.1 Å². The van der Waals surface area contributed by atoms with Crippen molar-refractivity contribution in [2.75, 3.05) is 0 Å². The summed E-state index contributed by atoms with van der Waals surface area (Å²) in [5.74, 6) is -1.42. The van der Waals surface area contributed by atoms with E-state index in [1.165, 1.54) is 0 Å². The zero-order chi connectivity index (χ0) is 15.3. The molecule has 1 aromatic rings. The molecule has 0 aliphatic rings. The SMILES string of the molecule is CC(C)(C)OC(=O)N[C@@H](c1ccccc1)C(O)C(=O)O. The van der Waals surface area contributed by atoms with E-state index in [9.17, 15) is 14.7 Å². The third-order valence-electron chi connectivity index (χ3n) is 2.40. The number of alkyl carbamates (subject to hydrolysis) is 1. The maximum atomic E-state index is 11.7. The lowest BCUT2D eigenvalue weighted by Crippen LogP contribution is -2.42. The molecule has 0 radical (unpaired) electrons. The molecule has 20 heavy (non-hydrogen) atoms. The highest BCUT2D eigenvalue weighted by Crippen LogP contribution is 2.18. The zero-order valence-electron chi connectivity index (χ0n) is 11.7. The van der Waals surface area contributed by atoms with Gasteiger partial charge in [0.1, 0.15) is 5.60 Å². The first-order valence-electron chi connectivity index (χ1n) is 6.16. The molecular weight excluding hydrogens is 262 g/mol. The lowest BCUT2D eigenvalue weighted by atomic mass is 10.0. The molecule has 3 N–H and O–H groups in total. The Kier molecular flexibility index (Phi) is 5.10. The molecule has 0 saturated carbocycles. The van der Waals surface area contributed by atoms with E-state index in [1.807, 2.05) is 0 Å². The van der Waals surface area contributed by atoms with Gasteiger partial charge in [0.25, 0.3) is 0 Å². The molecule has 1 aromatic carbocycles. The van der Waals surface area contributed by atoms with Crippen molar-refractivity contribution in [3.63, 3.8) is 0 Å². The number of carbonyl (C=O) groups excluding carboxylic acids is 1. The Balaban J connectivity index is 2.90. The number of hydrogen-bond acceptors (Lipinski definition) is 4. The number of rotatable bonds is 4. The summed E-state index contributed by atoms with van der Waals surface area (Å²) in [5, 5.41) is 21.0. The molecule has 1 rings (SSSR count). The number of carboxylic acids is 1. The molecule has 2 atom stereocenters. The van der Waals surface area contributed by atoms with E-state index in [0.717, 1.165) is 0 Å². The van der Waals surface area contributed by atoms with Gasteiger partial charge in [0, 0.05) is 0 Å². The Morgan fingerprint density at radius 2 is 1.75 bits per heavy atom. The average Bonchev–Trinajstić information content (AvgIpc) is 2.34. The second kappa shape index (κ2) is 6.38. The number of aliphatic hydroxyl groups is 1. The van der Waals surface area contributed by atoms with E-state index >= 15 is 0 Å². The van der Waals surface area contributed by atoms with E-state index in [-0.39, 0.29) is 0 Å². The molecule has 0 bridgehead atoms. The highest BCUT2D eigenvalue weighted by molar-refractivity contribution is 5.75. The molecule has 0 aliphatic carbocycles. The van der Waals surface area contributed by atoms with Crippen LogP contribution in [0.1, 0.15) is 32.4 Å². The van der Waals surface area contributed by atoms with Crippen LogP contribution in [0.5, 0.6) is 0 Å². The van der Waals surface area contributed by atoms with Gasteiger partial charge in [-0.3, -0.25) is 0 Å². The Morgan fingerprint density at radius 3 is 2.20 bits per heavy atom. The molecule has 6 heteroatoms. The first-order chi connectivity index (χ1) is 9.20. The number of carboxylic acid groups (broad SMARTS) is 1. The number of aliphatic carboxylic acids is 1. The molecule has 1 unspecified atom stereocenters. The van der Waals surface area contributed by atoms with Gasteiger partial charge in [-0.25, -0.2) is 9.59 Å². The van der Waals surface area contributed by atoms with Crippen LogP contribution in [0.3, 0.4) is 0 Å². The Morgan fingerprint density at radius 1 is 1.20 bits per heavy atom. The number of ether oxygens (including phenoxy) is 1. The summed E-state index contributed by atoms with van der Waals surface area (Å²) in [6.45, 7) is 5.08. The van der Waals surface area contributed by atoms with Crippen LogP contribution in [0.2, 0.25) is 0 Å². The fraction of sp³-hybridized carbons (Fsp3) is 0.429. The van der Waals surface area contributed by atoms with Crippen molar-refractivity contribution in [2.24, 2.45) is 0 Å². The van der Waals surface area contributed by atoms with Crippen molar-refractivity contribution in [2.45, 2.75) is 38.5 Å². The Labute approximate surface area is 117 Å². The number of carbonyl (C=O) groups is 2. The van der Waals surface area contributed by atoms with Crippen LogP contribution in [-0.4, -0.2) is 34.0 Å². The van der Waals surface area contributed by atoms with E-state index in [4.69, 9.17) is 9.84 Å². The quantitative estimate of drug-likeness (QED) is 0.780. The molecule has 0 spiro atoms. The monoisotopic (exact) mass is 281 g/mol. The van der Waals surface area contributed by atoms with Crippen LogP contribution in [0.4, 0.5) is 4.79 Å². The normalized spacial score (nSPS) is 14.2. The second-order valence-electron chi connectivity index (χ2n) is 5.32. The summed E-state index contributed by atoms with van der Waals surface area (Å²) < 4.78 is 5.07. The van der Waals surface area contributed by atoms with Gasteiger partial charge in [-0.1, -0.05) is 30.3 Å². The summed E-state index contributed by atoms with van der Waals surface area (Å²) in [6, 6.07) is 7.29. The number of aliphatic hydroxyl groups excluding tert-OH is 1. The highest BCUT2D eigenvalue weighted by atomic mass is 16.6. The van der Waals surface area contributed by atoms with Crippen LogP contribution < -0.4 is 5.32 Å². The first kappa shape index (κ1) is 16.0. The van der Waals surface area contributed by atoms with Crippen LogP contribution in [0, 0.1) is 0 Å². The average molecular weight is 281 g/mol. The summed E-state index contributed by atoms with van der Waals surface area (Å²) in [6.07, 6.45) is -2.54. The van der Waals surface area contributed by atoms with Crippen molar-refractivity contribution in [3.05, 3.63) is 35.9 Å². The molecular formula is C14H19NO5. The van der Waals surface area contributed by atoms with Crippen LogP contribution in [0.15, 0.2) is 30.3 Å². The van der Waals surface area contributed by atoms with Crippen LogP contribution in [-0.2, 0) is 9.53 Å². The molecule has 0 heterocycles. The van der Waals surface area contributed by atoms with Crippen molar-refractivity contribution in [1.29, 1.82) is 0 Å². The largest absolute Gasteiger partial charge is 0.479 e. The third-order valence-corrected chi connectivity index (χ3v) is 2.40. The highest BCUT2D eigenvalue weighted by Gasteiger charge is 2.30. The fourth-order valence-corrected chi connectivity index (χ4v) is 1.58. The number of amides is 1. The maximum absolute atomic E-state index is 11.7. The van der Waals surface area contributed by atoms with Gasteiger partial charge in [0.15, 0.2) is 6.10 Å². The van der Waals surface area contributed by atoms with E-state index in [2.05, 4.69) is 5.32 Å². The van der Waals surface area contributed by atoms with Gasteiger partial charge in [-0.15, -0.1) is 0 Å². The van der Waals surface area contributed by atoms with Gasteiger partial charge in [0.2, 0.25) is 0 Å². The second-order valence-corrected chi connectivity index (χ2v) is 5.32. The molecule has 6 nitrogen and oxygen atoms in total. The minimum atomic E-state index is -1.76. The molecule has 0 saturated heterocycles. The maximum Gasteiger partial charge on any atom is 0.408 e. The summed E-state index contributed by atoms with van der Waals surface area (Å²) >= 11 is 0. The number of nitrogens with one attached hydrogen (secondary N) is 1. The summed E-state index contributed by atoms with van der Waals surface area (Å²) in [7, 11) is 0. The van der Waals surface area contributed by atoms with Crippen molar-refractivity contribution >= 4 is 12.1 Å². The third kappa shape index (κ3) is 4.89. The molecule has 0 fully saturated rings. The Bertz CT molecular complexity index is 466. The topological polar surface area (TPSA) is 95.9 Å². The predicted molar refractivity (Wildman–Crippen MR) is 72.2 cm³/mol. The van der Waals surface area contributed by atoms with Crippen LogP contribution in [0.25, 0.3) is 0 Å². The first-order valence-corrected chi connectivity index (χ1v) is 6.16. The lowest BCUT2D eigenvalue weighted by molar-refractivity contribution is -0.148. The minimum absolute atomic E-state index is 0.480. The standard InChI is InChI=1S/C14H19NO5/c1-14(2,3)20-13(19)15-10(11(16)12(17)18)9-7-5-4-6-8-9/h4-8,10-11,16H,1-3H3,(H,15,19)(H,17,18)/t10-,11?/m0/s1. The fourth-order valence-electron chi connectivity index (χ4n) is 1.58. The molecule has 0 aliphatic heterocycles. The van der Waals surface area contributed by atoms with E-state index < -0.39 is 29.8 Å². The van der Waals surface area contributed by atoms with Gasteiger partial charge < -0.3 is 20.3 Å². The van der Waals surface area contributed by atoms with Crippen molar-refractivity contribution in [3.8, 4) is 0 Å². The summed E-state index contributed by atoms with van der Waals surface area (Å²) in [5.41, 5.74) is -0.229. The van der Waals surface area contributed by atoms with E-state index in [1.54, 1.807) is 51.1 Å². The number of hydrogen-bond donors (Lipinski definition) is 3. The smallest absolute Gasteiger partial charge is 0.408 e. The summed E-state index contributed by atoms with van der Waals surface area (Å²) in [4.78, 5) is 22.7. The lowest BCUT2D eigenvalue weighted by Gasteiger charge is -2.25. The van der Waals surface area contributed by atoms with Gasteiger partial charge in [0.05, 0.1) is 6.04 Å². The molecule has 1 amide bonds. The van der Waals surface area contributed by atoms with E-state index in [0.29, 0.717) is 5.56 Å². The molecule has 110 valence electrons. The van der Waals surface area contributed by atoms with Gasteiger partial charge in [-0.05, 0) is 26.3 Å². The van der Waals surface area contributed by atoms with Crippen molar-refractivity contribution in [1.82, 2.24) is 5.32 Å². The number of benzene rings is 1.